The van der Waals surface area contributed by atoms with Gasteiger partial charge in [-0.05, 0) is 41.6 Å². The molecule has 0 aliphatic rings. The molecule has 0 unspecified atom stereocenters. The highest BCUT2D eigenvalue weighted by molar-refractivity contribution is 6.36. The van der Waals surface area contributed by atoms with Gasteiger partial charge in [0.25, 0.3) is 0 Å². The number of hydrogen-bond acceptors (Lipinski definition) is 3. The van der Waals surface area contributed by atoms with E-state index in [-0.39, 0.29) is 11.3 Å². The van der Waals surface area contributed by atoms with E-state index in [2.05, 4.69) is 11.6 Å². The fourth-order valence-corrected chi connectivity index (χ4v) is 2.92. The molecule has 0 saturated heterocycles. The summed E-state index contributed by atoms with van der Waals surface area (Å²) in [5, 5.41) is 1.20. The van der Waals surface area contributed by atoms with Crippen molar-refractivity contribution in [3.8, 4) is 11.5 Å². The monoisotopic (exact) mass is 394 g/mol. The van der Waals surface area contributed by atoms with Crippen LogP contribution in [-0.4, -0.2) is 19.9 Å². The molecule has 3 rings (SSSR count). The first-order valence-electron chi connectivity index (χ1n) is 9.50. The highest BCUT2D eigenvalue weighted by Gasteiger charge is 2.23. The molecule has 29 heavy (non-hydrogen) atoms. The summed E-state index contributed by atoms with van der Waals surface area (Å²) in [7, 11) is -3.02. The van der Waals surface area contributed by atoms with Gasteiger partial charge in [-0.15, -0.1) is 0 Å². The summed E-state index contributed by atoms with van der Waals surface area (Å²) in [6.45, 7) is 2.76. The van der Waals surface area contributed by atoms with E-state index in [1.54, 1.807) is 36.4 Å². The van der Waals surface area contributed by atoms with Crippen molar-refractivity contribution in [3.05, 3.63) is 77.9 Å². The summed E-state index contributed by atoms with van der Waals surface area (Å²) in [6.07, 6.45) is 5.05. The Morgan fingerprint density at radius 1 is 1.03 bits per heavy atom. The quantitative estimate of drug-likeness (QED) is 0.187. The van der Waals surface area contributed by atoms with Gasteiger partial charge in [-0.25, -0.2) is 8.63 Å². The van der Waals surface area contributed by atoms with Crippen LogP contribution in [0.15, 0.2) is 66.7 Å². The Morgan fingerprint density at radius 2 is 1.79 bits per heavy atom. The lowest BCUT2D eigenvalue weighted by Gasteiger charge is -2.11. The first kappa shape index (κ1) is 20.6. The van der Waals surface area contributed by atoms with Crippen molar-refractivity contribution in [2.45, 2.75) is 19.8 Å². The SMILES string of the molecule is CCCCOc1ccc(/C=C/C(=O)c2ccc3ccccc3c2OB(F)F)cc1. The van der Waals surface area contributed by atoms with Gasteiger partial charge in [0.15, 0.2) is 5.78 Å². The zero-order valence-corrected chi connectivity index (χ0v) is 16.1. The van der Waals surface area contributed by atoms with E-state index in [1.165, 1.54) is 12.1 Å². The Labute approximate surface area is 169 Å². The Hall–Kier alpha value is -3.15. The number of carbonyl (C=O) groups is 1. The number of unbranched alkanes of at least 4 members (excludes halogenated alkanes) is 1. The minimum atomic E-state index is -3.02. The fraction of sp³-hybridized carbons (Fsp3) is 0.174. The molecule has 6 heteroatoms. The zero-order valence-electron chi connectivity index (χ0n) is 16.1. The van der Waals surface area contributed by atoms with Crippen LogP contribution in [0.4, 0.5) is 8.63 Å². The second kappa shape index (κ2) is 9.87. The number of allylic oxidation sites excluding steroid dienone is 1. The third kappa shape index (κ3) is 5.44. The molecule has 0 radical (unpaired) electrons. The Morgan fingerprint density at radius 3 is 2.52 bits per heavy atom. The van der Waals surface area contributed by atoms with Crippen LogP contribution in [0, 0.1) is 0 Å². The lowest BCUT2D eigenvalue weighted by Crippen LogP contribution is -2.12. The molecule has 0 amide bonds. The number of halogens is 2. The van der Waals surface area contributed by atoms with Crippen molar-refractivity contribution in [2.24, 2.45) is 0 Å². The van der Waals surface area contributed by atoms with Crippen LogP contribution >= 0.6 is 0 Å². The first-order valence-corrected chi connectivity index (χ1v) is 9.50. The van der Waals surface area contributed by atoms with Crippen LogP contribution in [0.3, 0.4) is 0 Å². The van der Waals surface area contributed by atoms with Gasteiger partial charge in [0.1, 0.15) is 11.5 Å². The molecule has 0 N–H and O–H groups in total. The summed E-state index contributed by atoms with van der Waals surface area (Å²) in [5.74, 6) is 0.256. The van der Waals surface area contributed by atoms with Crippen molar-refractivity contribution < 1.29 is 22.8 Å². The van der Waals surface area contributed by atoms with Crippen LogP contribution in [0.5, 0.6) is 11.5 Å². The predicted octanol–water partition coefficient (Wildman–Crippen LogP) is 6.22. The number of rotatable bonds is 9. The molecule has 148 valence electrons. The summed E-state index contributed by atoms with van der Waals surface area (Å²) in [5.41, 5.74) is 0.901. The third-order valence-electron chi connectivity index (χ3n) is 4.43. The Balaban J connectivity index is 1.80. The number of ketones is 1. The van der Waals surface area contributed by atoms with Crippen molar-refractivity contribution in [1.29, 1.82) is 0 Å². The Kier molecular flexibility index (Phi) is 7.01. The van der Waals surface area contributed by atoms with E-state index in [4.69, 9.17) is 4.74 Å². The van der Waals surface area contributed by atoms with Gasteiger partial charge in [0.05, 0.1) is 12.2 Å². The molecule has 3 nitrogen and oxygen atoms in total. The number of carbonyl (C=O) groups excluding carboxylic acids is 1. The Bertz CT molecular complexity index is 1000. The van der Waals surface area contributed by atoms with Gasteiger partial charge in [-0.2, -0.15) is 0 Å². The normalized spacial score (nSPS) is 11.0. The molecule has 0 fully saturated rings. The number of hydrogen-bond donors (Lipinski definition) is 0. The summed E-state index contributed by atoms with van der Waals surface area (Å²) < 4.78 is 36.2. The van der Waals surface area contributed by atoms with Crippen LogP contribution in [-0.2, 0) is 0 Å². The maximum atomic E-state index is 12.9. The number of benzene rings is 3. The van der Waals surface area contributed by atoms with Crippen molar-refractivity contribution in [1.82, 2.24) is 0 Å². The molecule has 0 aromatic heterocycles. The van der Waals surface area contributed by atoms with E-state index < -0.39 is 13.3 Å². The molecule has 0 bridgehead atoms. The van der Waals surface area contributed by atoms with Crippen molar-refractivity contribution >= 4 is 30.1 Å². The molecular weight excluding hydrogens is 373 g/mol. The number of ether oxygens (including phenoxy) is 1. The van der Waals surface area contributed by atoms with Crippen molar-refractivity contribution in [2.75, 3.05) is 6.61 Å². The van der Waals surface area contributed by atoms with Crippen LogP contribution < -0.4 is 9.39 Å². The summed E-state index contributed by atoms with van der Waals surface area (Å²) in [6, 6.07) is 17.5. The summed E-state index contributed by atoms with van der Waals surface area (Å²) in [4.78, 5) is 12.7. The topological polar surface area (TPSA) is 35.5 Å². The van der Waals surface area contributed by atoms with Gasteiger partial charge in [-0.1, -0.05) is 61.9 Å². The van der Waals surface area contributed by atoms with E-state index in [9.17, 15) is 13.4 Å². The predicted molar refractivity (Wildman–Crippen MR) is 113 cm³/mol. The van der Waals surface area contributed by atoms with E-state index in [0.717, 1.165) is 29.5 Å². The maximum Gasteiger partial charge on any atom is 0.796 e. The lowest BCUT2D eigenvalue weighted by atomic mass is 10.0. The standard InChI is InChI=1S/C23H21BF2O3/c1-2-3-16-28-19-12-8-17(9-13-19)10-15-22(27)21-14-11-18-6-4-5-7-20(18)23(21)29-24(25)26/h4-15H,2-3,16H2,1H3/b15-10+. The summed E-state index contributed by atoms with van der Waals surface area (Å²) >= 11 is 0. The molecule has 3 aromatic rings. The van der Waals surface area contributed by atoms with E-state index in [1.807, 2.05) is 24.3 Å². The van der Waals surface area contributed by atoms with Gasteiger partial charge in [0.2, 0.25) is 0 Å². The molecule has 0 atom stereocenters. The minimum Gasteiger partial charge on any atom is -0.504 e. The van der Waals surface area contributed by atoms with Gasteiger partial charge in [-0.3, -0.25) is 4.79 Å². The molecular formula is C23H21BF2O3. The van der Waals surface area contributed by atoms with Crippen molar-refractivity contribution in [3.63, 3.8) is 0 Å². The molecule has 0 heterocycles. The highest BCUT2D eigenvalue weighted by atomic mass is 19.2. The van der Waals surface area contributed by atoms with Crippen LogP contribution in [0.2, 0.25) is 0 Å². The van der Waals surface area contributed by atoms with E-state index >= 15 is 0 Å². The second-order valence-electron chi connectivity index (χ2n) is 6.51. The molecule has 0 aliphatic carbocycles. The van der Waals surface area contributed by atoms with Crippen LogP contribution in [0.25, 0.3) is 16.8 Å². The zero-order chi connectivity index (χ0) is 20.6. The van der Waals surface area contributed by atoms with Gasteiger partial charge in [0, 0.05) is 5.39 Å². The van der Waals surface area contributed by atoms with E-state index in [0.29, 0.717) is 12.0 Å². The van der Waals surface area contributed by atoms with Gasteiger partial charge >= 0.3 is 7.47 Å². The first-order chi connectivity index (χ1) is 14.1. The number of fused-ring (bicyclic) bond motifs is 1. The average Bonchev–Trinajstić information content (AvgIpc) is 2.73. The van der Waals surface area contributed by atoms with Gasteiger partial charge < -0.3 is 9.39 Å². The average molecular weight is 394 g/mol. The minimum absolute atomic E-state index is 0.0970. The second-order valence-corrected chi connectivity index (χ2v) is 6.51. The molecule has 3 aromatic carbocycles. The molecule has 0 aliphatic heterocycles. The molecule has 0 spiro atoms. The highest BCUT2D eigenvalue weighted by Crippen LogP contribution is 2.31. The molecule has 0 saturated carbocycles. The lowest BCUT2D eigenvalue weighted by molar-refractivity contribution is 0.104. The third-order valence-corrected chi connectivity index (χ3v) is 4.43. The smallest absolute Gasteiger partial charge is 0.504 e. The largest absolute Gasteiger partial charge is 0.796 e. The maximum absolute atomic E-state index is 12.9. The fourth-order valence-electron chi connectivity index (χ4n) is 2.92. The van der Waals surface area contributed by atoms with Crippen LogP contribution in [0.1, 0.15) is 35.7 Å².